The van der Waals surface area contributed by atoms with Crippen LogP contribution in [0.4, 0.5) is 4.79 Å². The fourth-order valence-electron chi connectivity index (χ4n) is 4.55. The van der Waals surface area contributed by atoms with Gasteiger partial charge in [-0.1, -0.05) is 55.4 Å². The lowest BCUT2D eigenvalue weighted by atomic mass is 9.91. The maximum absolute atomic E-state index is 13.4. The molecule has 0 aromatic carbocycles. The molecule has 45 heavy (non-hydrogen) atoms. The molecule has 13 nitrogen and oxygen atoms in total. The third kappa shape index (κ3) is 15.0. The van der Waals surface area contributed by atoms with Crippen LogP contribution in [0.15, 0.2) is 5.38 Å². The Labute approximate surface area is 271 Å². The molecular weight excluding hydrogens is 600 g/mol. The number of amides is 5. The van der Waals surface area contributed by atoms with Crippen molar-refractivity contribution >= 4 is 41.1 Å². The second-order valence-electron chi connectivity index (χ2n) is 13.1. The van der Waals surface area contributed by atoms with E-state index >= 15 is 0 Å². The minimum Gasteiger partial charge on any atom is -0.465 e. The molecule has 0 aliphatic carbocycles. The normalized spacial score (nSPS) is 15.5. The van der Waals surface area contributed by atoms with Gasteiger partial charge >= 0.3 is 6.09 Å². The van der Waals surface area contributed by atoms with Crippen LogP contribution in [0.3, 0.4) is 0 Å². The molecule has 256 valence electrons. The van der Waals surface area contributed by atoms with E-state index in [9.17, 15) is 29.1 Å². The first-order chi connectivity index (χ1) is 20.9. The molecular formula is C31H54N6O7S. The van der Waals surface area contributed by atoms with Gasteiger partial charge in [-0.15, -0.1) is 11.3 Å². The number of aromatic nitrogens is 1. The molecule has 6 atom stereocenters. The van der Waals surface area contributed by atoms with E-state index in [-0.39, 0.29) is 36.6 Å². The highest BCUT2D eigenvalue weighted by Gasteiger charge is 2.32. The van der Waals surface area contributed by atoms with Gasteiger partial charge in [0, 0.05) is 35.9 Å². The number of nitrogens with one attached hydrogen (secondary N) is 5. The summed E-state index contributed by atoms with van der Waals surface area (Å²) in [6.07, 6.45) is -1.78. The number of hydrogen-bond acceptors (Lipinski definition) is 8. The van der Waals surface area contributed by atoms with Gasteiger partial charge in [-0.2, -0.15) is 0 Å². The van der Waals surface area contributed by atoms with Crippen molar-refractivity contribution in [2.75, 3.05) is 13.1 Å². The Morgan fingerprint density at radius 3 is 1.91 bits per heavy atom. The van der Waals surface area contributed by atoms with E-state index in [0.717, 1.165) is 10.7 Å². The van der Waals surface area contributed by atoms with Crippen molar-refractivity contribution in [2.24, 2.45) is 29.6 Å². The highest BCUT2D eigenvalue weighted by Crippen LogP contribution is 2.17. The maximum Gasteiger partial charge on any atom is 0.404 e. The van der Waals surface area contributed by atoms with Gasteiger partial charge < -0.3 is 36.8 Å². The lowest BCUT2D eigenvalue weighted by Gasteiger charge is -2.30. The van der Waals surface area contributed by atoms with Crippen molar-refractivity contribution in [3.8, 4) is 0 Å². The van der Waals surface area contributed by atoms with Crippen LogP contribution >= 0.6 is 11.3 Å². The van der Waals surface area contributed by atoms with Gasteiger partial charge in [-0.25, -0.2) is 9.78 Å². The van der Waals surface area contributed by atoms with E-state index < -0.39 is 59.9 Å². The zero-order chi connectivity index (χ0) is 34.4. The first-order valence-electron chi connectivity index (χ1n) is 15.7. The summed E-state index contributed by atoms with van der Waals surface area (Å²) in [6.45, 7) is 16.7. The van der Waals surface area contributed by atoms with Crippen LogP contribution in [0.1, 0.15) is 78.9 Å². The smallest absolute Gasteiger partial charge is 0.404 e. The van der Waals surface area contributed by atoms with Gasteiger partial charge in [-0.05, 0) is 37.5 Å². The zero-order valence-electron chi connectivity index (χ0n) is 28.1. The van der Waals surface area contributed by atoms with Crippen LogP contribution in [0, 0.1) is 36.5 Å². The molecule has 0 saturated carbocycles. The number of hydrogen-bond donors (Lipinski definition) is 7. The molecule has 14 heteroatoms. The minimum atomic E-state index is -1.36. The molecule has 7 N–H and O–H groups in total. The minimum absolute atomic E-state index is 0.00338. The molecule has 0 bridgehead atoms. The topological polar surface area (TPSA) is 199 Å². The van der Waals surface area contributed by atoms with Gasteiger partial charge in [0.2, 0.25) is 23.6 Å². The van der Waals surface area contributed by atoms with E-state index in [1.165, 1.54) is 11.3 Å². The third-order valence-electron chi connectivity index (χ3n) is 7.18. The first kappa shape index (κ1) is 39.8. The van der Waals surface area contributed by atoms with Crippen LogP contribution in [0.2, 0.25) is 0 Å². The van der Waals surface area contributed by atoms with Gasteiger partial charge in [0.15, 0.2) is 0 Å². The molecule has 1 aromatic heterocycles. The number of rotatable bonds is 19. The Hall–Kier alpha value is -3.26. The predicted molar refractivity (Wildman–Crippen MR) is 173 cm³/mol. The lowest BCUT2D eigenvalue weighted by molar-refractivity contribution is -0.133. The molecule has 0 radical (unpaired) electrons. The standard InChI is InChI=1S/C31H54N6O7S/c1-16(2)10-22(24(38)11-19(7)28(40)37-26(18(5)6)30(42)32-13-17(3)4)35-29(41)23(14-33-31(43)44)36-27(39)20(8)12-25-34-21(9)15-45-25/h15-20,22-24,26,33,38H,10-14H2,1-9H3,(H,32,42)(H,35,41)(H,36,39)(H,37,40)(H,43,44). The summed E-state index contributed by atoms with van der Waals surface area (Å²) in [5.41, 5.74) is 0.846. The second-order valence-corrected chi connectivity index (χ2v) is 14.0. The summed E-state index contributed by atoms with van der Waals surface area (Å²) < 4.78 is 0. The zero-order valence-corrected chi connectivity index (χ0v) is 28.9. The predicted octanol–water partition coefficient (Wildman–Crippen LogP) is 2.21. The highest BCUT2D eigenvalue weighted by molar-refractivity contribution is 7.09. The Morgan fingerprint density at radius 1 is 0.778 bits per heavy atom. The summed E-state index contributed by atoms with van der Waals surface area (Å²) in [7, 11) is 0. The van der Waals surface area contributed by atoms with Gasteiger partial charge in [0.25, 0.3) is 0 Å². The molecule has 0 spiro atoms. The largest absolute Gasteiger partial charge is 0.465 e. The second kappa shape index (κ2) is 19.3. The van der Waals surface area contributed by atoms with Gasteiger partial charge in [0.05, 0.1) is 23.7 Å². The average Bonchev–Trinajstić information content (AvgIpc) is 3.35. The number of carboxylic acid groups (broad SMARTS) is 1. The molecule has 0 saturated heterocycles. The van der Waals surface area contributed by atoms with Crippen LogP contribution < -0.4 is 26.6 Å². The van der Waals surface area contributed by atoms with Crippen LogP contribution in [0.25, 0.3) is 0 Å². The SMILES string of the molecule is Cc1csc(CC(C)C(=O)NC(CNC(=O)O)C(=O)NC(CC(C)C)C(O)CC(C)C(=O)NC(C(=O)NCC(C)C)C(C)C)n1. The summed E-state index contributed by atoms with van der Waals surface area (Å²) in [5, 5.41) is 36.2. The summed E-state index contributed by atoms with van der Waals surface area (Å²) in [4.78, 5) is 67.7. The summed E-state index contributed by atoms with van der Waals surface area (Å²) in [6, 6.07) is -2.77. The lowest BCUT2D eigenvalue weighted by Crippen LogP contribution is -2.57. The van der Waals surface area contributed by atoms with Crippen LogP contribution in [-0.4, -0.2) is 82.2 Å². The molecule has 1 aromatic rings. The Morgan fingerprint density at radius 2 is 1.40 bits per heavy atom. The van der Waals surface area contributed by atoms with E-state index in [1.54, 1.807) is 13.8 Å². The molecule has 5 amide bonds. The van der Waals surface area contributed by atoms with Crippen molar-refractivity contribution in [1.29, 1.82) is 0 Å². The van der Waals surface area contributed by atoms with Crippen molar-refractivity contribution in [1.82, 2.24) is 31.6 Å². The van der Waals surface area contributed by atoms with Crippen molar-refractivity contribution in [3.05, 3.63) is 16.1 Å². The number of carbonyl (C=O) groups excluding carboxylic acids is 4. The molecule has 1 rings (SSSR count). The number of nitrogens with zero attached hydrogens (tertiary/aromatic N) is 1. The molecule has 0 fully saturated rings. The summed E-state index contributed by atoms with van der Waals surface area (Å²) in [5.74, 6) is -2.87. The Balaban J connectivity index is 2.97. The fraction of sp³-hybridized carbons (Fsp3) is 0.742. The number of aliphatic hydroxyl groups excluding tert-OH is 1. The number of thiazole rings is 1. The number of aliphatic hydroxyl groups is 1. The van der Waals surface area contributed by atoms with Crippen LogP contribution in [0.5, 0.6) is 0 Å². The van der Waals surface area contributed by atoms with E-state index in [0.29, 0.717) is 19.4 Å². The highest BCUT2D eigenvalue weighted by atomic mass is 32.1. The third-order valence-corrected chi connectivity index (χ3v) is 8.17. The summed E-state index contributed by atoms with van der Waals surface area (Å²) >= 11 is 1.43. The Kier molecular flexibility index (Phi) is 17.1. The van der Waals surface area contributed by atoms with Crippen molar-refractivity contribution < 1.29 is 34.2 Å². The molecule has 0 aliphatic heterocycles. The van der Waals surface area contributed by atoms with E-state index in [4.69, 9.17) is 5.11 Å². The average molecular weight is 655 g/mol. The molecule has 0 aliphatic rings. The van der Waals surface area contributed by atoms with Gasteiger partial charge in [-0.3, -0.25) is 19.2 Å². The fourth-order valence-corrected chi connectivity index (χ4v) is 5.45. The van der Waals surface area contributed by atoms with Gasteiger partial charge in [0.1, 0.15) is 12.1 Å². The number of carbonyl (C=O) groups is 5. The first-order valence-corrected chi connectivity index (χ1v) is 16.5. The Bertz CT molecular complexity index is 1130. The number of aryl methyl sites for hydroxylation is 1. The van der Waals surface area contributed by atoms with Crippen molar-refractivity contribution in [2.45, 2.75) is 106 Å². The van der Waals surface area contributed by atoms with E-state index in [1.807, 2.05) is 53.8 Å². The molecule has 6 unspecified atom stereocenters. The quantitative estimate of drug-likeness (QED) is 0.118. The monoisotopic (exact) mass is 654 g/mol. The molecule has 1 heterocycles. The van der Waals surface area contributed by atoms with Crippen molar-refractivity contribution in [3.63, 3.8) is 0 Å². The maximum atomic E-state index is 13.4. The van der Waals surface area contributed by atoms with Crippen LogP contribution in [-0.2, 0) is 25.6 Å². The van der Waals surface area contributed by atoms with E-state index in [2.05, 4.69) is 31.6 Å².